The molecule has 0 aliphatic rings. The van der Waals surface area contributed by atoms with Gasteiger partial charge in [0.15, 0.2) is 0 Å². The minimum atomic E-state index is -3.07. The molecule has 0 bridgehead atoms. The first kappa shape index (κ1) is 14.4. The first-order chi connectivity index (χ1) is 6.60. The van der Waals surface area contributed by atoms with Crippen LogP contribution in [0.4, 0.5) is 0 Å². The third kappa shape index (κ3) is 5.16. The lowest BCUT2D eigenvalue weighted by Gasteiger charge is -2.26. The molecule has 0 spiro atoms. The molecule has 90 valence electrons. The summed E-state index contributed by atoms with van der Waals surface area (Å²) in [7, 11) is -3.07. The van der Waals surface area contributed by atoms with Gasteiger partial charge < -0.3 is 5.11 Å². The van der Waals surface area contributed by atoms with Crippen LogP contribution in [0.1, 0.15) is 34.1 Å². The smallest absolute Gasteiger partial charge is 0.307 e. The van der Waals surface area contributed by atoms with Crippen molar-refractivity contribution in [3.63, 3.8) is 0 Å². The number of carboxylic acid groups (broad SMARTS) is 1. The zero-order valence-electron chi connectivity index (χ0n) is 9.78. The van der Waals surface area contributed by atoms with Crippen molar-refractivity contribution in [3.05, 3.63) is 0 Å². The summed E-state index contributed by atoms with van der Waals surface area (Å²) in [6, 6.07) is 0. The summed E-state index contributed by atoms with van der Waals surface area (Å²) in [5.74, 6) is -1.51. The topological polar surface area (TPSA) is 71.4 Å². The van der Waals surface area contributed by atoms with Gasteiger partial charge in [-0.05, 0) is 11.8 Å². The molecule has 0 aromatic heterocycles. The van der Waals surface area contributed by atoms with Gasteiger partial charge in [0.05, 0.1) is 11.7 Å². The Bertz CT molecular complexity index is 311. The van der Waals surface area contributed by atoms with Gasteiger partial charge in [-0.15, -0.1) is 0 Å². The van der Waals surface area contributed by atoms with E-state index >= 15 is 0 Å². The first-order valence-electron chi connectivity index (χ1n) is 5.03. The molecule has 0 heterocycles. The lowest BCUT2D eigenvalue weighted by Crippen LogP contribution is -2.30. The maximum absolute atomic E-state index is 11.3. The number of carboxylic acids is 1. The first-order valence-corrected chi connectivity index (χ1v) is 6.85. The molecule has 0 amide bonds. The highest BCUT2D eigenvalue weighted by Crippen LogP contribution is 2.29. The van der Waals surface area contributed by atoms with E-state index in [9.17, 15) is 13.2 Å². The molecular weight excluding hydrogens is 216 g/mol. The van der Waals surface area contributed by atoms with Crippen LogP contribution in [-0.2, 0) is 14.6 Å². The highest BCUT2D eigenvalue weighted by molar-refractivity contribution is 7.91. The van der Waals surface area contributed by atoms with Crippen molar-refractivity contribution in [1.29, 1.82) is 0 Å². The predicted molar refractivity (Wildman–Crippen MR) is 59.5 cm³/mol. The monoisotopic (exact) mass is 236 g/mol. The number of carbonyl (C=O) groups is 1. The van der Waals surface area contributed by atoms with Crippen LogP contribution in [0.15, 0.2) is 0 Å². The van der Waals surface area contributed by atoms with E-state index in [0.29, 0.717) is 0 Å². The Morgan fingerprint density at radius 1 is 1.33 bits per heavy atom. The van der Waals surface area contributed by atoms with Gasteiger partial charge in [-0.3, -0.25) is 4.79 Å². The van der Waals surface area contributed by atoms with Crippen molar-refractivity contribution in [2.24, 2.45) is 11.3 Å². The minimum absolute atomic E-state index is 0.0439. The number of aliphatic carboxylic acids is 1. The largest absolute Gasteiger partial charge is 0.481 e. The Labute approximate surface area is 91.6 Å². The van der Waals surface area contributed by atoms with Gasteiger partial charge in [-0.25, -0.2) is 8.42 Å². The molecule has 0 saturated carbocycles. The summed E-state index contributed by atoms with van der Waals surface area (Å²) < 4.78 is 22.5. The highest BCUT2D eigenvalue weighted by atomic mass is 32.2. The van der Waals surface area contributed by atoms with E-state index in [4.69, 9.17) is 5.11 Å². The molecule has 5 heteroatoms. The molecule has 1 unspecified atom stereocenters. The van der Waals surface area contributed by atoms with E-state index < -0.39 is 27.1 Å². The summed E-state index contributed by atoms with van der Waals surface area (Å²) in [5.41, 5.74) is -0.408. The quantitative estimate of drug-likeness (QED) is 0.786. The Hall–Kier alpha value is -0.580. The lowest BCUT2D eigenvalue weighted by molar-refractivity contribution is -0.145. The summed E-state index contributed by atoms with van der Waals surface area (Å²) in [5, 5.41) is 8.98. The third-order valence-corrected chi connectivity index (χ3v) is 4.24. The van der Waals surface area contributed by atoms with Gasteiger partial charge in [0.2, 0.25) is 0 Å². The van der Waals surface area contributed by atoms with Gasteiger partial charge in [0.25, 0.3) is 0 Å². The van der Waals surface area contributed by atoms with Crippen LogP contribution >= 0.6 is 0 Å². The fourth-order valence-electron chi connectivity index (χ4n) is 1.37. The molecule has 0 aliphatic heterocycles. The highest BCUT2D eigenvalue weighted by Gasteiger charge is 2.31. The second kappa shape index (κ2) is 4.96. The second-order valence-electron chi connectivity index (χ2n) is 4.78. The van der Waals surface area contributed by atoms with Crippen molar-refractivity contribution < 1.29 is 18.3 Å². The van der Waals surface area contributed by atoms with Crippen LogP contribution in [0, 0.1) is 11.3 Å². The van der Waals surface area contributed by atoms with Gasteiger partial charge in [0, 0.05) is 5.75 Å². The second-order valence-corrected chi connectivity index (χ2v) is 7.25. The normalized spacial score (nSPS) is 14.9. The van der Waals surface area contributed by atoms with Crippen LogP contribution in [0.25, 0.3) is 0 Å². The van der Waals surface area contributed by atoms with Crippen LogP contribution in [0.2, 0.25) is 0 Å². The Kier molecular flexibility index (Phi) is 4.77. The SMILES string of the molecule is CCS(=O)(=O)CCC(C(=O)O)C(C)(C)C. The molecule has 4 nitrogen and oxygen atoms in total. The van der Waals surface area contributed by atoms with Crippen molar-refractivity contribution in [1.82, 2.24) is 0 Å². The van der Waals surface area contributed by atoms with Crippen LogP contribution in [-0.4, -0.2) is 31.0 Å². The Morgan fingerprint density at radius 2 is 1.80 bits per heavy atom. The average Bonchev–Trinajstić information content (AvgIpc) is 2.01. The van der Waals surface area contributed by atoms with Gasteiger partial charge >= 0.3 is 5.97 Å². The molecule has 0 radical (unpaired) electrons. The fraction of sp³-hybridized carbons (Fsp3) is 0.900. The Morgan fingerprint density at radius 3 is 2.07 bits per heavy atom. The molecule has 15 heavy (non-hydrogen) atoms. The van der Waals surface area contributed by atoms with E-state index in [0.717, 1.165) is 0 Å². The molecule has 0 rings (SSSR count). The molecule has 0 fully saturated rings. The maximum atomic E-state index is 11.3. The summed E-state index contributed by atoms with van der Waals surface area (Å²) in [4.78, 5) is 11.0. The number of sulfone groups is 1. The molecule has 0 aromatic rings. The van der Waals surface area contributed by atoms with Gasteiger partial charge in [-0.2, -0.15) is 0 Å². The molecular formula is C10H20O4S. The van der Waals surface area contributed by atoms with Crippen molar-refractivity contribution >= 4 is 15.8 Å². The number of hydrogen-bond acceptors (Lipinski definition) is 3. The standard InChI is InChI=1S/C10H20O4S/c1-5-15(13,14)7-6-8(9(11)12)10(2,3)4/h8H,5-7H2,1-4H3,(H,11,12). The van der Waals surface area contributed by atoms with E-state index in [1.807, 2.05) is 20.8 Å². The molecule has 1 N–H and O–H groups in total. The maximum Gasteiger partial charge on any atom is 0.307 e. The van der Waals surface area contributed by atoms with E-state index in [2.05, 4.69) is 0 Å². The lowest BCUT2D eigenvalue weighted by atomic mass is 9.79. The van der Waals surface area contributed by atoms with Crippen molar-refractivity contribution in [2.45, 2.75) is 34.1 Å². The molecule has 1 atom stereocenters. The van der Waals surface area contributed by atoms with Gasteiger partial charge in [0.1, 0.15) is 9.84 Å². The summed E-state index contributed by atoms with van der Waals surface area (Å²) in [6.07, 6.45) is 0.189. The molecule has 0 aromatic carbocycles. The zero-order chi connectivity index (χ0) is 12.3. The van der Waals surface area contributed by atoms with Crippen LogP contribution in [0.3, 0.4) is 0 Å². The van der Waals surface area contributed by atoms with Crippen LogP contribution in [0.5, 0.6) is 0 Å². The van der Waals surface area contributed by atoms with E-state index in [-0.39, 0.29) is 17.9 Å². The van der Waals surface area contributed by atoms with Crippen molar-refractivity contribution in [2.75, 3.05) is 11.5 Å². The van der Waals surface area contributed by atoms with Crippen LogP contribution < -0.4 is 0 Å². The summed E-state index contributed by atoms with van der Waals surface area (Å²) in [6.45, 7) is 7.00. The number of hydrogen-bond donors (Lipinski definition) is 1. The summed E-state index contributed by atoms with van der Waals surface area (Å²) >= 11 is 0. The number of rotatable bonds is 5. The zero-order valence-corrected chi connectivity index (χ0v) is 10.6. The third-order valence-electron chi connectivity index (χ3n) is 2.50. The van der Waals surface area contributed by atoms with Crippen molar-refractivity contribution in [3.8, 4) is 0 Å². The Balaban J connectivity index is 4.54. The predicted octanol–water partition coefficient (Wildman–Crippen LogP) is 1.56. The van der Waals surface area contributed by atoms with E-state index in [1.165, 1.54) is 0 Å². The fourth-order valence-corrected chi connectivity index (χ4v) is 2.25. The van der Waals surface area contributed by atoms with Gasteiger partial charge in [-0.1, -0.05) is 27.7 Å². The molecule has 0 saturated heterocycles. The average molecular weight is 236 g/mol. The molecule has 0 aliphatic carbocycles. The minimum Gasteiger partial charge on any atom is -0.481 e. The van der Waals surface area contributed by atoms with E-state index in [1.54, 1.807) is 6.92 Å².